The van der Waals surface area contributed by atoms with E-state index in [2.05, 4.69) is 43.0 Å². The van der Waals surface area contributed by atoms with Gasteiger partial charge in [0.1, 0.15) is 0 Å². The number of rotatable bonds is 3. The molecule has 1 aliphatic heterocycles. The van der Waals surface area contributed by atoms with Gasteiger partial charge in [-0.05, 0) is 56.1 Å². The van der Waals surface area contributed by atoms with Gasteiger partial charge in [-0.2, -0.15) is 0 Å². The highest BCUT2D eigenvalue weighted by molar-refractivity contribution is 8.00. The molecule has 1 aromatic carbocycles. The van der Waals surface area contributed by atoms with E-state index < -0.39 is 0 Å². The third-order valence-electron chi connectivity index (χ3n) is 5.03. The van der Waals surface area contributed by atoms with Gasteiger partial charge in [0.15, 0.2) is 0 Å². The summed E-state index contributed by atoms with van der Waals surface area (Å²) in [5, 5.41) is 0.709. The topological polar surface area (TPSA) is 26.0 Å². The van der Waals surface area contributed by atoms with Gasteiger partial charge in [0.2, 0.25) is 0 Å². The van der Waals surface area contributed by atoms with Crippen LogP contribution in [0.3, 0.4) is 0 Å². The average molecular weight is 275 g/mol. The Morgan fingerprint density at radius 2 is 2.00 bits per heavy atom. The molecule has 0 bridgehead atoms. The van der Waals surface area contributed by atoms with Crippen molar-refractivity contribution in [2.75, 3.05) is 0 Å². The minimum Gasteiger partial charge on any atom is -0.325 e. The van der Waals surface area contributed by atoms with Crippen LogP contribution in [0.25, 0.3) is 0 Å². The maximum atomic E-state index is 6.68. The fourth-order valence-electron chi connectivity index (χ4n) is 3.69. The van der Waals surface area contributed by atoms with E-state index in [4.69, 9.17) is 5.73 Å². The van der Waals surface area contributed by atoms with Crippen LogP contribution in [0.15, 0.2) is 29.2 Å². The van der Waals surface area contributed by atoms with Gasteiger partial charge in [0.25, 0.3) is 0 Å². The van der Waals surface area contributed by atoms with E-state index in [1.54, 1.807) is 0 Å². The standard InChI is InChI=1S/C17H25NS/c1-2-13-7-9-17(18,10-8-13)12-15-11-14-5-3-4-6-16(14)19-15/h3-6,13,15H,2,7-12,18H2,1H3. The molecule has 2 aliphatic rings. The molecular weight excluding hydrogens is 250 g/mol. The number of nitrogens with two attached hydrogens (primary N) is 1. The van der Waals surface area contributed by atoms with Gasteiger partial charge in [-0.3, -0.25) is 0 Å². The van der Waals surface area contributed by atoms with Gasteiger partial charge in [-0.15, -0.1) is 11.8 Å². The first kappa shape index (κ1) is 13.5. The first-order valence-electron chi connectivity index (χ1n) is 7.72. The fraction of sp³-hybridized carbons (Fsp3) is 0.647. The summed E-state index contributed by atoms with van der Waals surface area (Å²) in [6.07, 6.45) is 8.91. The Kier molecular flexibility index (Phi) is 3.91. The zero-order valence-electron chi connectivity index (χ0n) is 11.9. The second-order valence-corrected chi connectivity index (χ2v) is 7.81. The lowest BCUT2D eigenvalue weighted by atomic mass is 9.74. The molecular formula is C17H25NS. The third kappa shape index (κ3) is 3.00. The molecule has 19 heavy (non-hydrogen) atoms. The normalized spacial score (nSPS) is 34.2. The van der Waals surface area contributed by atoms with Crippen molar-refractivity contribution in [3.05, 3.63) is 29.8 Å². The fourth-order valence-corrected chi connectivity index (χ4v) is 5.18. The molecule has 0 aromatic heterocycles. The zero-order valence-corrected chi connectivity index (χ0v) is 12.7. The number of hydrogen-bond donors (Lipinski definition) is 1. The molecule has 0 radical (unpaired) electrons. The summed E-state index contributed by atoms with van der Waals surface area (Å²) in [6, 6.07) is 8.85. The molecule has 1 heterocycles. The van der Waals surface area contributed by atoms with E-state index in [1.807, 2.05) is 0 Å². The van der Waals surface area contributed by atoms with E-state index in [1.165, 1.54) is 55.4 Å². The Hall–Kier alpha value is -0.470. The van der Waals surface area contributed by atoms with Crippen molar-refractivity contribution in [3.63, 3.8) is 0 Å². The summed E-state index contributed by atoms with van der Waals surface area (Å²) in [6.45, 7) is 2.32. The lowest BCUT2D eigenvalue weighted by Crippen LogP contribution is -2.45. The van der Waals surface area contributed by atoms with Gasteiger partial charge in [0, 0.05) is 15.7 Å². The first-order chi connectivity index (χ1) is 9.18. The van der Waals surface area contributed by atoms with Crippen molar-refractivity contribution in [2.24, 2.45) is 11.7 Å². The Labute approximate surface area is 121 Å². The molecule has 0 spiro atoms. The van der Waals surface area contributed by atoms with Crippen LogP contribution in [-0.2, 0) is 6.42 Å². The van der Waals surface area contributed by atoms with Gasteiger partial charge in [-0.1, -0.05) is 31.5 Å². The summed E-state index contributed by atoms with van der Waals surface area (Å²) in [5.74, 6) is 0.935. The Morgan fingerprint density at radius 3 is 2.68 bits per heavy atom. The maximum Gasteiger partial charge on any atom is 0.0165 e. The summed E-state index contributed by atoms with van der Waals surface area (Å²) >= 11 is 2.05. The minimum atomic E-state index is 0.116. The molecule has 104 valence electrons. The quantitative estimate of drug-likeness (QED) is 0.885. The second kappa shape index (κ2) is 5.49. The molecule has 1 atom stereocenters. The Balaban J connectivity index is 1.59. The van der Waals surface area contributed by atoms with Crippen molar-refractivity contribution in [1.82, 2.24) is 0 Å². The molecule has 1 saturated carbocycles. The zero-order chi connectivity index (χ0) is 13.3. The molecule has 0 saturated heterocycles. The van der Waals surface area contributed by atoms with E-state index in [0.29, 0.717) is 5.25 Å². The third-order valence-corrected chi connectivity index (χ3v) is 6.35. The minimum absolute atomic E-state index is 0.116. The van der Waals surface area contributed by atoms with Gasteiger partial charge in [-0.25, -0.2) is 0 Å². The smallest absolute Gasteiger partial charge is 0.0165 e. The highest BCUT2D eigenvalue weighted by atomic mass is 32.2. The van der Waals surface area contributed by atoms with E-state index in [-0.39, 0.29) is 5.54 Å². The molecule has 1 aromatic rings. The second-order valence-electron chi connectivity index (χ2n) is 6.47. The highest BCUT2D eigenvalue weighted by Crippen LogP contribution is 2.43. The van der Waals surface area contributed by atoms with Crippen LogP contribution >= 0.6 is 11.8 Å². The molecule has 2 N–H and O–H groups in total. The molecule has 2 heteroatoms. The van der Waals surface area contributed by atoms with E-state index >= 15 is 0 Å². The van der Waals surface area contributed by atoms with E-state index in [0.717, 1.165) is 5.92 Å². The van der Waals surface area contributed by atoms with Gasteiger partial charge >= 0.3 is 0 Å². The summed E-state index contributed by atoms with van der Waals surface area (Å²) in [7, 11) is 0. The van der Waals surface area contributed by atoms with Crippen LogP contribution in [0, 0.1) is 5.92 Å². The van der Waals surface area contributed by atoms with E-state index in [9.17, 15) is 0 Å². The van der Waals surface area contributed by atoms with Crippen LogP contribution in [0.4, 0.5) is 0 Å². The highest BCUT2D eigenvalue weighted by Gasteiger charge is 2.35. The monoisotopic (exact) mass is 275 g/mol. The van der Waals surface area contributed by atoms with Crippen molar-refractivity contribution >= 4 is 11.8 Å². The maximum absolute atomic E-state index is 6.68. The predicted octanol–water partition coefficient (Wildman–Crippen LogP) is 4.39. The van der Waals surface area contributed by atoms with Crippen LogP contribution < -0.4 is 5.73 Å². The largest absolute Gasteiger partial charge is 0.325 e. The Morgan fingerprint density at radius 1 is 1.26 bits per heavy atom. The Bertz CT molecular complexity index is 410. The van der Waals surface area contributed by atoms with Crippen LogP contribution in [0.2, 0.25) is 0 Å². The van der Waals surface area contributed by atoms with Crippen LogP contribution in [0.5, 0.6) is 0 Å². The number of fused-ring (bicyclic) bond motifs is 1. The predicted molar refractivity (Wildman–Crippen MR) is 83.6 cm³/mol. The van der Waals surface area contributed by atoms with Crippen molar-refractivity contribution in [2.45, 2.75) is 67.6 Å². The molecule has 0 amide bonds. The van der Waals surface area contributed by atoms with Gasteiger partial charge in [0.05, 0.1) is 0 Å². The summed E-state index contributed by atoms with van der Waals surface area (Å²) < 4.78 is 0. The molecule has 1 fully saturated rings. The first-order valence-corrected chi connectivity index (χ1v) is 8.60. The lowest BCUT2D eigenvalue weighted by molar-refractivity contribution is 0.217. The van der Waals surface area contributed by atoms with Crippen molar-refractivity contribution < 1.29 is 0 Å². The SMILES string of the molecule is CCC1CCC(N)(CC2Cc3ccccc3S2)CC1. The van der Waals surface area contributed by atoms with Crippen molar-refractivity contribution in [1.29, 1.82) is 0 Å². The molecule has 3 rings (SSSR count). The van der Waals surface area contributed by atoms with Gasteiger partial charge < -0.3 is 5.73 Å². The summed E-state index contributed by atoms with van der Waals surface area (Å²) in [5.41, 5.74) is 8.32. The van der Waals surface area contributed by atoms with Crippen LogP contribution in [0.1, 0.15) is 51.0 Å². The van der Waals surface area contributed by atoms with Crippen LogP contribution in [-0.4, -0.2) is 10.8 Å². The summed E-state index contributed by atoms with van der Waals surface area (Å²) in [4.78, 5) is 1.48. The molecule has 1 nitrogen and oxygen atoms in total. The number of benzene rings is 1. The molecule has 1 unspecified atom stereocenters. The lowest BCUT2D eigenvalue weighted by Gasteiger charge is -2.38. The number of thioether (sulfide) groups is 1. The average Bonchev–Trinajstić information content (AvgIpc) is 2.81. The molecule has 1 aliphatic carbocycles. The number of hydrogen-bond acceptors (Lipinski definition) is 2. The van der Waals surface area contributed by atoms with Crippen molar-refractivity contribution in [3.8, 4) is 0 Å².